The molecule has 104 valence electrons. The standard InChI is InChI=1S/C13H22O5/c1-3-8-7(14)4-9-10(16-8)5-11-12(17-9)6-13(15-2)18-11/h7-14H,3-6H2,1-2H3/t7-,8-,9+,10+,11-,12-,13+/m0/s1. The molecule has 3 aliphatic rings. The second kappa shape index (κ2) is 5.06. The molecule has 18 heavy (non-hydrogen) atoms. The lowest BCUT2D eigenvalue weighted by Crippen LogP contribution is -2.54. The Morgan fingerprint density at radius 3 is 2.39 bits per heavy atom. The zero-order valence-corrected chi connectivity index (χ0v) is 11.0. The summed E-state index contributed by atoms with van der Waals surface area (Å²) in [6.45, 7) is 2.04. The van der Waals surface area contributed by atoms with E-state index in [9.17, 15) is 5.11 Å². The summed E-state index contributed by atoms with van der Waals surface area (Å²) in [5.74, 6) is 0. The van der Waals surface area contributed by atoms with Gasteiger partial charge in [0.1, 0.15) is 0 Å². The number of hydrogen-bond acceptors (Lipinski definition) is 5. The van der Waals surface area contributed by atoms with Gasteiger partial charge in [-0.05, 0) is 6.42 Å². The predicted molar refractivity (Wildman–Crippen MR) is 63.1 cm³/mol. The van der Waals surface area contributed by atoms with Crippen molar-refractivity contribution in [1.82, 2.24) is 0 Å². The highest BCUT2D eigenvalue weighted by molar-refractivity contribution is 4.95. The van der Waals surface area contributed by atoms with E-state index >= 15 is 0 Å². The second-order valence-corrected chi connectivity index (χ2v) is 5.45. The summed E-state index contributed by atoms with van der Waals surface area (Å²) >= 11 is 0. The van der Waals surface area contributed by atoms with E-state index in [1.807, 2.05) is 6.92 Å². The molecule has 0 bridgehead atoms. The summed E-state index contributed by atoms with van der Waals surface area (Å²) in [6.07, 6.45) is 2.71. The topological polar surface area (TPSA) is 57.2 Å². The number of aliphatic hydroxyl groups is 1. The number of rotatable bonds is 2. The van der Waals surface area contributed by atoms with Crippen molar-refractivity contribution in [2.24, 2.45) is 0 Å². The first-order valence-corrected chi connectivity index (χ1v) is 6.88. The molecule has 0 spiro atoms. The van der Waals surface area contributed by atoms with Crippen molar-refractivity contribution in [2.75, 3.05) is 7.11 Å². The summed E-state index contributed by atoms with van der Waals surface area (Å²) in [6, 6.07) is 0. The zero-order chi connectivity index (χ0) is 12.7. The van der Waals surface area contributed by atoms with E-state index < -0.39 is 6.10 Å². The van der Waals surface area contributed by atoms with Crippen molar-refractivity contribution in [3.8, 4) is 0 Å². The van der Waals surface area contributed by atoms with Gasteiger partial charge in [0.05, 0.1) is 36.6 Å². The van der Waals surface area contributed by atoms with Crippen LogP contribution in [-0.2, 0) is 18.9 Å². The van der Waals surface area contributed by atoms with Gasteiger partial charge in [0, 0.05) is 26.4 Å². The lowest BCUT2D eigenvalue weighted by molar-refractivity contribution is -0.238. The molecule has 0 aromatic heterocycles. The third kappa shape index (κ3) is 2.18. The lowest BCUT2D eigenvalue weighted by Gasteiger charge is -2.44. The van der Waals surface area contributed by atoms with Crippen LogP contribution in [-0.4, -0.2) is 55.1 Å². The van der Waals surface area contributed by atoms with Gasteiger partial charge in [-0.25, -0.2) is 0 Å². The van der Waals surface area contributed by atoms with E-state index in [4.69, 9.17) is 18.9 Å². The van der Waals surface area contributed by atoms with Gasteiger partial charge >= 0.3 is 0 Å². The molecule has 3 aliphatic heterocycles. The Morgan fingerprint density at radius 2 is 1.67 bits per heavy atom. The molecule has 3 heterocycles. The molecule has 0 aromatic carbocycles. The van der Waals surface area contributed by atoms with E-state index in [-0.39, 0.29) is 36.8 Å². The van der Waals surface area contributed by atoms with Gasteiger partial charge in [-0.3, -0.25) is 0 Å². The largest absolute Gasteiger partial charge is 0.390 e. The van der Waals surface area contributed by atoms with Crippen molar-refractivity contribution in [3.63, 3.8) is 0 Å². The maximum Gasteiger partial charge on any atom is 0.160 e. The van der Waals surface area contributed by atoms with Crippen LogP contribution in [0, 0.1) is 0 Å². The number of aliphatic hydroxyl groups excluding tert-OH is 1. The molecule has 3 saturated heterocycles. The van der Waals surface area contributed by atoms with Gasteiger partial charge in [-0.2, -0.15) is 0 Å². The van der Waals surface area contributed by atoms with Crippen LogP contribution in [0.2, 0.25) is 0 Å². The fourth-order valence-electron chi connectivity index (χ4n) is 3.30. The van der Waals surface area contributed by atoms with Crippen LogP contribution >= 0.6 is 0 Å². The molecule has 5 heteroatoms. The van der Waals surface area contributed by atoms with Gasteiger partial charge in [-0.1, -0.05) is 6.92 Å². The molecule has 0 aromatic rings. The highest BCUT2D eigenvalue weighted by atomic mass is 16.7. The second-order valence-electron chi connectivity index (χ2n) is 5.45. The molecule has 7 atom stereocenters. The van der Waals surface area contributed by atoms with Crippen LogP contribution < -0.4 is 0 Å². The lowest BCUT2D eigenvalue weighted by atomic mass is 9.90. The molecule has 0 radical (unpaired) electrons. The molecule has 1 N–H and O–H groups in total. The molecule has 3 fully saturated rings. The van der Waals surface area contributed by atoms with Crippen LogP contribution in [0.1, 0.15) is 32.6 Å². The first-order chi connectivity index (χ1) is 8.71. The minimum Gasteiger partial charge on any atom is -0.390 e. The molecule has 0 amide bonds. The van der Waals surface area contributed by atoms with Crippen LogP contribution in [0.15, 0.2) is 0 Å². The van der Waals surface area contributed by atoms with E-state index in [1.165, 1.54) is 0 Å². The molecule has 0 aliphatic carbocycles. The van der Waals surface area contributed by atoms with E-state index in [1.54, 1.807) is 7.11 Å². The van der Waals surface area contributed by atoms with Crippen LogP contribution in [0.3, 0.4) is 0 Å². The highest BCUT2D eigenvalue weighted by Gasteiger charge is 2.48. The maximum absolute atomic E-state index is 9.99. The van der Waals surface area contributed by atoms with Gasteiger partial charge in [0.2, 0.25) is 0 Å². The van der Waals surface area contributed by atoms with Gasteiger partial charge in [0.15, 0.2) is 6.29 Å². The van der Waals surface area contributed by atoms with Gasteiger partial charge in [0.25, 0.3) is 0 Å². The van der Waals surface area contributed by atoms with Crippen LogP contribution in [0.25, 0.3) is 0 Å². The van der Waals surface area contributed by atoms with Crippen molar-refractivity contribution in [3.05, 3.63) is 0 Å². The van der Waals surface area contributed by atoms with Crippen molar-refractivity contribution < 1.29 is 24.1 Å². The third-order valence-electron chi connectivity index (χ3n) is 4.31. The summed E-state index contributed by atoms with van der Waals surface area (Å²) in [5.41, 5.74) is 0. The predicted octanol–water partition coefficient (Wildman–Crippen LogP) is 0.834. The molecule has 5 nitrogen and oxygen atoms in total. The number of ether oxygens (including phenoxy) is 4. The minimum absolute atomic E-state index is 0.00301. The Kier molecular flexibility index (Phi) is 3.60. The molecule has 0 unspecified atom stereocenters. The Morgan fingerprint density at radius 1 is 1.00 bits per heavy atom. The van der Waals surface area contributed by atoms with Crippen LogP contribution in [0.4, 0.5) is 0 Å². The average molecular weight is 258 g/mol. The highest BCUT2D eigenvalue weighted by Crippen LogP contribution is 2.38. The molecule has 3 rings (SSSR count). The Hall–Kier alpha value is -0.200. The van der Waals surface area contributed by atoms with E-state index in [0.717, 1.165) is 19.3 Å². The Bertz CT molecular complexity index is 297. The third-order valence-corrected chi connectivity index (χ3v) is 4.31. The van der Waals surface area contributed by atoms with Gasteiger partial charge in [-0.15, -0.1) is 0 Å². The molecular weight excluding hydrogens is 236 g/mol. The molecule has 0 saturated carbocycles. The summed E-state index contributed by atoms with van der Waals surface area (Å²) < 4.78 is 22.9. The Labute approximate surface area is 107 Å². The first-order valence-electron chi connectivity index (χ1n) is 6.88. The van der Waals surface area contributed by atoms with Crippen molar-refractivity contribution >= 4 is 0 Å². The molecular formula is C13H22O5. The SMILES string of the molecule is CC[C@@H]1O[C@@H]2C[C@@H]3O[C@@H](OC)C[C@@H]3O[C@@H]2C[C@@H]1O. The average Bonchev–Trinajstić information content (AvgIpc) is 2.77. The van der Waals surface area contributed by atoms with E-state index in [2.05, 4.69) is 0 Å². The zero-order valence-electron chi connectivity index (χ0n) is 11.0. The Balaban J connectivity index is 1.66. The minimum atomic E-state index is -0.409. The van der Waals surface area contributed by atoms with E-state index in [0.29, 0.717) is 6.42 Å². The number of hydrogen-bond donors (Lipinski definition) is 1. The van der Waals surface area contributed by atoms with Gasteiger partial charge < -0.3 is 24.1 Å². The fourth-order valence-corrected chi connectivity index (χ4v) is 3.30. The fraction of sp³-hybridized carbons (Fsp3) is 1.00. The summed E-state index contributed by atoms with van der Waals surface area (Å²) in [7, 11) is 1.66. The summed E-state index contributed by atoms with van der Waals surface area (Å²) in [5, 5.41) is 9.99. The number of fused-ring (bicyclic) bond motifs is 2. The monoisotopic (exact) mass is 258 g/mol. The number of methoxy groups -OCH3 is 1. The van der Waals surface area contributed by atoms with Crippen molar-refractivity contribution in [1.29, 1.82) is 0 Å². The summed E-state index contributed by atoms with van der Waals surface area (Å²) in [4.78, 5) is 0. The first kappa shape index (κ1) is 12.8. The van der Waals surface area contributed by atoms with Crippen molar-refractivity contribution in [2.45, 2.75) is 75.5 Å². The quantitative estimate of drug-likeness (QED) is 0.795. The van der Waals surface area contributed by atoms with Crippen LogP contribution in [0.5, 0.6) is 0 Å². The maximum atomic E-state index is 9.99. The normalized spacial score (nSPS) is 51.8. The smallest absolute Gasteiger partial charge is 0.160 e.